The van der Waals surface area contributed by atoms with Crippen LogP contribution in [0.5, 0.6) is 5.75 Å². The molecule has 1 N–H and O–H groups in total. The highest BCUT2D eigenvalue weighted by molar-refractivity contribution is 6.10. The highest BCUT2D eigenvalue weighted by Crippen LogP contribution is 2.31. The van der Waals surface area contributed by atoms with Crippen LogP contribution in [0.4, 0.5) is 5.88 Å². The second-order valence-corrected chi connectivity index (χ2v) is 7.80. The fourth-order valence-corrected chi connectivity index (χ4v) is 3.79. The Bertz CT molecular complexity index is 1510. The zero-order valence-electron chi connectivity index (χ0n) is 19.9. The lowest BCUT2D eigenvalue weighted by Crippen LogP contribution is -2.23. The number of ether oxygens (including phenoxy) is 2. The largest absolute Gasteiger partial charge is 0.476 e. The molecule has 0 atom stereocenters. The molecule has 1 amide bonds. The molecule has 9 heteroatoms. The first kappa shape index (κ1) is 24.5. The van der Waals surface area contributed by atoms with Gasteiger partial charge in [-0.15, -0.1) is 0 Å². The molecule has 4 rings (SSSR count). The molecule has 36 heavy (non-hydrogen) atoms. The topological polar surface area (TPSA) is 125 Å². The third-order valence-corrected chi connectivity index (χ3v) is 5.31. The minimum atomic E-state index is -0.808. The summed E-state index contributed by atoms with van der Waals surface area (Å²) in [5, 5.41) is 2.73. The zero-order valence-corrected chi connectivity index (χ0v) is 19.9. The molecular formula is C27H23NO8. The molecule has 184 valence electrons. The smallest absolute Gasteiger partial charge is 0.344 e. The number of carbonyl (C=O) groups excluding carboxylic acids is 3. The van der Waals surface area contributed by atoms with Crippen molar-refractivity contribution < 1.29 is 32.7 Å². The molecule has 2 aromatic heterocycles. The first-order valence-electron chi connectivity index (χ1n) is 11.2. The zero-order chi connectivity index (χ0) is 25.8. The van der Waals surface area contributed by atoms with Gasteiger partial charge < -0.3 is 18.3 Å². The van der Waals surface area contributed by atoms with E-state index >= 15 is 0 Å². The summed E-state index contributed by atoms with van der Waals surface area (Å²) in [5.74, 6) is -2.00. The van der Waals surface area contributed by atoms with Crippen molar-refractivity contribution in [2.24, 2.45) is 0 Å². The van der Waals surface area contributed by atoms with Crippen LogP contribution in [0.2, 0.25) is 0 Å². The Labute approximate surface area is 205 Å². The van der Waals surface area contributed by atoms with Crippen molar-refractivity contribution in [2.75, 3.05) is 18.5 Å². The first-order chi connectivity index (χ1) is 17.3. The Morgan fingerprint density at radius 3 is 2.33 bits per heavy atom. The number of benzene rings is 2. The van der Waals surface area contributed by atoms with Crippen molar-refractivity contribution in [3.8, 4) is 17.1 Å². The molecule has 0 aliphatic heterocycles. The molecule has 0 spiro atoms. The number of furan rings is 1. The van der Waals surface area contributed by atoms with Gasteiger partial charge in [0.25, 0.3) is 5.91 Å². The normalized spacial score (nSPS) is 10.8. The second-order valence-electron chi connectivity index (χ2n) is 7.80. The maximum Gasteiger partial charge on any atom is 0.344 e. The number of amides is 1. The average molecular weight is 489 g/mol. The lowest BCUT2D eigenvalue weighted by atomic mass is 10.1. The SMILES string of the molecule is CCOC(=O)c1c(NC(=O)COc2c(-c3ccccc3)oc3ccccc3c2=O)oc(C)c1C(C)=O. The van der Waals surface area contributed by atoms with Crippen LogP contribution >= 0.6 is 0 Å². The Hall–Kier alpha value is -4.66. The summed E-state index contributed by atoms with van der Waals surface area (Å²) in [4.78, 5) is 50.5. The van der Waals surface area contributed by atoms with E-state index in [9.17, 15) is 19.2 Å². The average Bonchev–Trinajstić information content (AvgIpc) is 3.19. The lowest BCUT2D eigenvalue weighted by molar-refractivity contribution is -0.118. The van der Waals surface area contributed by atoms with Crippen LogP contribution in [0, 0.1) is 6.92 Å². The Kier molecular flexibility index (Phi) is 7.00. The molecule has 0 radical (unpaired) electrons. The van der Waals surface area contributed by atoms with Crippen molar-refractivity contribution in [3.63, 3.8) is 0 Å². The van der Waals surface area contributed by atoms with Gasteiger partial charge in [0.15, 0.2) is 18.2 Å². The maximum atomic E-state index is 13.2. The summed E-state index contributed by atoms with van der Waals surface area (Å²) in [7, 11) is 0. The molecule has 0 aliphatic rings. The van der Waals surface area contributed by atoms with Crippen LogP contribution in [-0.4, -0.2) is 30.9 Å². The van der Waals surface area contributed by atoms with E-state index in [4.69, 9.17) is 18.3 Å². The van der Waals surface area contributed by atoms with Crippen molar-refractivity contribution in [1.82, 2.24) is 0 Å². The molecule has 0 fully saturated rings. The number of hydrogen-bond donors (Lipinski definition) is 1. The minimum absolute atomic E-state index is 0.0196. The number of Topliss-reactive ketones (excluding diaryl/α,β-unsaturated/α-hetero) is 1. The molecule has 4 aromatic rings. The summed E-state index contributed by atoms with van der Waals surface area (Å²) >= 11 is 0. The lowest BCUT2D eigenvalue weighted by Gasteiger charge is -2.12. The number of nitrogens with one attached hydrogen (secondary N) is 1. The van der Waals surface area contributed by atoms with Gasteiger partial charge in [0.05, 0.1) is 17.6 Å². The Morgan fingerprint density at radius 1 is 0.944 bits per heavy atom. The van der Waals surface area contributed by atoms with Crippen molar-refractivity contribution in [2.45, 2.75) is 20.8 Å². The van der Waals surface area contributed by atoms with Crippen LogP contribution < -0.4 is 15.5 Å². The van der Waals surface area contributed by atoms with Gasteiger partial charge in [0.2, 0.25) is 17.1 Å². The van der Waals surface area contributed by atoms with Crippen LogP contribution in [0.1, 0.15) is 40.3 Å². The van der Waals surface area contributed by atoms with Gasteiger partial charge >= 0.3 is 5.97 Å². The van der Waals surface area contributed by atoms with Gasteiger partial charge in [-0.25, -0.2) is 4.79 Å². The summed E-state index contributed by atoms with van der Waals surface area (Å²) in [6.45, 7) is 3.86. The number of rotatable bonds is 8. The van der Waals surface area contributed by atoms with Gasteiger partial charge in [0, 0.05) is 5.56 Å². The molecule has 0 saturated heterocycles. The molecular weight excluding hydrogens is 466 g/mol. The quantitative estimate of drug-likeness (QED) is 0.277. The number of ketones is 1. The number of esters is 1. The molecule has 2 aromatic carbocycles. The third kappa shape index (κ3) is 4.76. The predicted octanol–water partition coefficient (Wildman–Crippen LogP) is 4.76. The molecule has 9 nitrogen and oxygen atoms in total. The molecule has 0 aliphatic carbocycles. The van der Waals surface area contributed by atoms with E-state index in [0.29, 0.717) is 16.5 Å². The number of carbonyl (C=O) groups is 3. The van der Waals surface area contributed by atoms with Gasteiger partial charge in [-0.2, -0.15) is 0 Å². The fraction of sp³-hybridized carbons (Fsp3) is 0.185. The molecule has 0 bridgehead atoms. The number of para-hydroxylation sites is 1. The Morgan fingerprint density at radius 2 is 1.64 bits per heavy atom. The van der Waals surface area contributed by atoms with Crippen LogP contribution in [0.15, 0.2) is 68.2 Å². The minimum Gasteiger partial charge on any atom is -0.476 e. The highest BCUT2D eigenvalue weighted by atomic mass is 16.5. The van der Waals surface area contributed by atoms with E-state index < -0.39 is 29.7 Å². The summed E-state index contributed by atoms with van der Waals surface area (Å²) in [5.41, 5.74) is 0.369. The third-order valence-electron chi connectivity index (χ3n) is 5.31. The van der Waals surface area contributed by atoms with Gasteiger partial charge in [-0.3, -0.25) is 19.7 Å². The number of aryl methyl sites for hydroxylation is 1. The maximum absolute atomic E-state index is 13.2. The molecule has 2 heterocycles. The molecule has 0 unspecified atom stereocenters. The summed E-state index contributed by atoms with van der Waals surface area (Å²) in [6, 6.07) is 15.6. The predicted molar refractivity (Wildman–Crippen MR) is 131 cm³/mol. The van der Waals surface area contributed by atoms with E-state index in [1.54, 1.807) is 55.5 Å². The van der Waals surface area contributed by atoms with Gasteiger partial charge in [-0.1, -0.05) is 42.5 Å². The second kappa shape index (κ2) is 10.3. The van der Waals surface area contributed by atoms with Crippen LogP contribution in [0.25, 0.3) is 22.3 Å². The van der Waals surface area contributed by atoms with Crippen LogP contribution in [-0.2, 0) is 9.53 Å². The van der Waals surface area contributed by atoms with Crippen molar-refractivity contribution >= 4 is 34.5 Å². The van der Waals surface area contributed by atoms with Gasteiger partial charge in [0.1, 0.15) is 16.9 Å². The highest BCUT2D eigenvalue weighted by Gasteiger charge is 2.29. The first-order valence-corrected chi connectivity index (χ1v) is 11.2. The summed E-state index contributed by atoms with van der Waals surface area (Å²) in [6.07, 6.45) is 0. The van der Waals surface area contributed by atoms with E-state index in [-0.39, 0.29) is 40.9 Å². The van der Waals surface area contributed by atoms with Crippen molar-refractivity contribution in [3.05, 3.63) is 81.7 Å². The number of anilines is 1. The Balaban J connectivity index is 1.65. The standard InChI is InChI=1S/C27H23NO8/c1-4-33-27(32)22-21(15(2)29)16(3)35-26(22)28-20(30)14-34-25-23(31)18-12-8-9-13-19(18)36-24(25)17-10-6-5-7-11-17/h5-13H,4,14H2,1-3H3,(H,28,30). The van der Waals surface area contributed by atoms with Gasteiger partial charge in [-0.05, 0) is 32.9 Å². The van der Waals surface area contributed by atoms with E-state index in [0.717, 1.165) is 0 Å². The van der Waals surface area contributed by atoms with E-state index in [1.165, 1.54) is 13.8 Å². The number of fused-ring (bicyclic) bond motifs is 1. The van der Waals surface area contributed by atoms with Crippen molar-refractivity contribution in [1.29, 1.82) is 0 Å². The fourth-order valence-electron chi connectivity index (χ4n) is 3.79. The van der Waals surface area contributed by atoms with Crippen LogP contribution in [0.3, 0.4) is 0 Å². The summed E-state index contributed by atoms with van der Waals surface area (Å²) < 4.78 is 22.1. The van der Waals surface area contributed by atoms with E-state index in [2.05, 4.69) is 5.32 Å². The van der Waals surface area contributed by atoms with E-state index in [1.807, 2.05) is 6.07 Å². The molecule has 0 saturated carbocycles. The number of hydrogen-bond acceptors (Lipinski definition) is 8. The monoisotopic (exact) mass is 489 g/mol.